The molecule has 1 aromatic carbocycles. The van der Waals surface area contributed by atoms with Crippen molar-refractivity contribution in [3.8, 4) is 0 Å². The minimum atomic E-state index is -0.122. The van der Waals surface area contributed by atoms with E-state index in [1.807, 2.05) is 0 Å². The monoisotopic (exact) mass is 358 g/mol. The minimum absolute atomic E-state index is 0.000459. The van der Waals surface area contributed by atoms with E-state index >= 15 is 0 Å². The van der Waals surface area contributed by atoms with Crippen molar-refractivity contribution in [2.75, 3.05) is 31.2 Å². The second kappa shape index (κ2) is 8.52. The van der Waals surface area contributed by atoms with Crippen LogP contribution in [-0.4, -0.2) is 38.1 Å². The number of anilines is 1. The molecule has 0 saturated carbocycles. The Bertz CT molecular complexity index is 574. The molecule has 1 heterocycles. The van der Waals surface area contributed by atoms with Crippen molar-refractivity contribution in [3.63, 3.8) is 0 Å². The Labute approximate surface area is 145 Å². The van der Waals surface area contributed by atoms with Gasteiger partial charge in [-0.3, -0.25) is 9.59 Å². The number of rotatable bonds is 5. The van der Waals surface area contributed by atoms with Crippen molar-refractivity contribution in [2.24, 2.45) is 5.92 Å². The Morgan fingerprint density at radius 2 is 1.96 bits per heavy atom. The van der Waals surface area contributed by atoms with Gasteiger partial charge >= 0.3 is 0 Å². The van der Waals surface area contributed by atoms with Gasteiger partial charge in [-0.15, -0.1) is 0 Å². The van der Waals surface area contributed by atoms with E-state index < -0.39 is 0 Å². The molecule has 5 nitrogen and oxygen atoms in total. The first-order chi connectivity index (χ1) is 11.0. The molecule has 0 unspecified atom stereocenters. The average Bonchev–Trinajstić information content (AvgIpc) is 2.54. The highest BCUT2D eigenvalue weighted by atomic mass is 35.5. The molecule has 2 rings (SSSR count). The van der Waals surface area contributed by atoms with Crippen molar-refractivity contribution < 1.29 is 14.3 Å². The van der Waals surface area contributed by atoms with E-state index in [9.17, 15) is 9.59 Å². The largest absolute Gasteiger partial charge is 0.381 e. The second-order valence-electron chi connectivity index (χ2n) is 5.45. The zero-order chi connectivity index (χ0) is 16.8. The van der Waals surface area contributed by atoms with E-state index in [0.29, 0.717) is 42.0 Å². The Hall–Kier alpha value is -1.30. The number of hydrogen-bond acceptors (Lipinski definition) is 3. The second-order valence-corrected chi connectivity index (χ2v) is 6.26. The van der Waals surface area contributed by atoms with Crippen molar-refractivity contribution in [1.29, 1.82) is 0 Å². The van der Waals surface area contributed by atoms with E-state index in [-0.39, 0.29) is 17.7 Å². The highest BCUT2D eigenvalue weighted by Gasteiger charge is 2.21. The van der Waals surface area contributed by atoms with E-state index in [1.165, 1.54) is 6.92 Å². The van der Waals surface area contributed by atoms with Gasteiger partial charge in [0.2, 0.25) is 11.8 Å². The predicted octanol–water partition coefficient (Wildman–Crippen LogP) is 2.89. The molecule has 0 aromatic heterocycles. The molecule has 0 bridgehead atoms. The third-order valence-electron chi connectivity index (χ3n) is 3.82. The highest BCUT2D eigenvalue weighted by molar-refractivity contribution is 6.42. The lowest BCUT2D eigenvalue weighted by Gasteiger charge is -2.24. The first-order valence-corrected chi connectivity index (χ1v) is 8.33. The van der Waals surface area contributed by atoms with E-state index in [1.54, 1.807) is 23.1 Å². The first kappa shape index (κ1) is 18.0. The normalized spacial score (nSPS) is 15.3. The molecule has 0 atom stereocenters. The van der Waals surface area contributed by atoms with E-state index in [4.69, 9.17) is 27.9 Å². The van der Waals surface area contributed by atoms with Gasteiger partial charge in [0, 0.05) is 44.8 Å². The molecule has 2 amide bonds. The van der Waals surface area contributed by atoms with E-state index in [2.05, 4.69) is 5.32 Å². The zero-order valence-electron chi connectivity index (χ0n) is 13.0. The molecule has 1 N–H and O–H groups in total. The van der Waals surface area contributed by atoms with Crippen LogP contribution in [0, 0.1) is 5.92 Å². The fourth-order valence-corrected chi connectivity index (χ4v) is 2.81. The van der Waals surface area contributed by atoms with Gasteiger partial charge in [0.25, 0.3) is 0 Å². The Morgan fingerprint density at radius 3 is 2.57 bits per heavy atom. The van der Waals surface area contributed by atoms with Crippen LogP contribution in [0.3, 0.4) is 0 Å². The van der Waals surface area contributed by atoms with Crippen LogP contribution in [0.15, 0.2) is 18.2 Å². The molecule has 0 spiro atoms. The highest BCUT2D eigenvalue weighted by Crippen LogP contribution is 2.27. The molecule has 0 radical (unpaired) electrons. The fraction of sp³-hybridized carbons (Fsp3) is 0.500. The number of nitrogens with one attached hydrogen (secondary N) is 1. The number of ether oxygens (including phenoxy) is 1. The van der Waals surface area contributed by atoms with Gasteiger partial charge in [0.05, 0.1) is 10.0 Å². The van der Waals surface area contributed by atoms with Crippen LogP contribution in [0.1, 0.15) is 19.8 Å². The van der Waals surface area contributed by atoms with Crippen LogP contribution in [-0.2, 0) is 14.3 Å². The number of halogens is 2. The summed E-state index contributed by atoms with van der Waals surface area (Å²) in [6, 6.07) is 5.03. The molecule has 1 aromatic rings. The Balaban J connectivity index is 1.91. The molecule has 0 aliphatic carbocycles. The lowest BCUT2D eigenvalue weighted by Crippen LogP contribution is -2.40. The Kier molecular flexibility index (Phi) is 6.69. The van der Waals surface area contributed by atoms with Crippen LogP contribution >= 0.6 is 23.2 Å². The molecular weight excluding hydrogens is 339 g/mol. The van der Waals surface area contributed by atoms with Crippen LogP contribution in [0.4, 0.5) is 5.69 Å². The predicted molar refractivity (Wildman–Crippen MR) is 91.0 cm³/mol. The third-order valence-corrected chi connectivity index (χ3v) is 4.56. The number of carbonyl (C=O) groups excluding carboxylic acids is 2. The summed E-state index contributed by atoms with van der Waals surface area (Å²) >= 11 is 11.9. The lowest BCUT2D eigenvalue weighted by atomic mass is 9.99. The maximum absolute atomic E-state index is 12.1. The maximum atomic E-state index is 12.1. The molecular formula is C16H20Cl2N2O3. The zero-order valence-corrected chi connectivity index (χ0v) is 14.5. The summed E-state index contributed by atoms with van der Waals surface area (Å²) in [6.45, 7) is 3.49. The first-order valence-electron chi connectivity index (χ1n) is 7.57. The standard InChI is InChI=1S/C16H20Cl2N2O3/c1-11(21)20(13-2-3-14(17)15(18)10-13)7-6-19-16(22)12-4-8-23-9-5-12/h2-3,10,12H,4-9H2,1H3,(H,19,22). The smallest absolute Gasteiger partial charge is 0.223 e. The van der Waals surface area contributed by atoms with Crippen molar-refractivity contribution in [1.82, 2.24) is 5.32 Å². The third kappa shape index (κ3) is 5.09. The number of carbonyl (C=O) groups is 2. The number of nitrogens with zero attached hydrogens (tertiary/aromatic N) is 1. The summed E-state index contributed by atoms with van der Waals surface area (Å²) < 4.78 is 5.25. The van der Waals surface area contributed by atoms with Gasteiger partial charge in [0.1, 0.15) is 0 Å². The molecule has 1 aliphatic rings. The fourth-order valence-electron chi connectivity index (χ4n) is 2.52. The summed E-state index contributed by atoms with van der Waals surface area (Å²) in [4.78, 5) is 25.5. The molecule has 7 heteroatoms. The SMILES string of the molecule is CC(=O)N(CCNC(=O)C1CCOCC1)c1ccc(Cl)c(Cl)c1. The van der Waals surface area contributed by atoms with Crippen molar-refractivity contribution in [2.45, 2.75) is 19.8 Å². The van der Waals surface area contributed by atoms with Gasteiger partial charge in [-0.25, -0.2) is 0 Å². The van der Waals surface area contributed by atoms with Crippen molar-refractivity contribution >= 4 is 40.7 Å². The van der Waals surface area contributed by atoms with Crippen LogP contribution < -0.4 is 10.2 Å². The van der Waals surface area contributed by atoms with Crippen LogP contribution in [0.25, 0.3) is 0 Å². The summed E-state index contributed by atoms with van der Waals surface area (Å²) in [5, 5.41) is 3.71. The summed E-state index contributed by atoms with van der Waals surface area (Å²) in [6.07, 6.45) is 1.49. The molecule has 1 saturated heterocycles. The summed E-state index contributed by atoms with van der Waals surface area (Å²) in [5.41, 5.74) is 0.659. The number of hydrogen-bond donors (Lipinski definition) is 1. The minimum Gasteiger partial charge on any atom is -0.381 e. The van der Waals surface area contributed by atoms with Gasteiger partial charge < -0.3 is 15.0 Å². The van der Waals surface area contributed by atoms with Gasteiger partial charge in [-0.1, -0.05) is 23.2 Å². The van der Waals surface area contributed by atoms with Gasteiger partial charge in [0.15, 0.2) is 0 Å². The average molecular weight is 359 g/mol. The number of benzene rings is 1. The quantitative estimate of drug-likeness (QED) is 0.880. The lowest BCUT2D eigenvalue weighted by molar-refractivity contribution is -0.127. The molecule has 23 heavy (non-hydrogen) atoms. The topological polar surface area (TPSA) is 58.6 Å². The molecule has 1 aliphatic heterocycles. The summed E-state index contributed by atoms with van der Waals surface area (Å²) in [7, 11) is 0. The maximum Gasteiger partial charge on any atom is 0.223 e. The van der Waals surface area contributed by atoms with Crippen molar-refractivity contribution in [3.05, 3.63) is 28.2 Å². The molecule has 126 valence electrons. The van der Waals surface area contributed by atoms with Gasteiger partial charge in [-0.2, -0.15) is 0 Å². The Morgan fingerprint density at radius 1 is 1.26 bits per heavy atom. The van der Waals surface area contributed by atoms with Gasteiger partial charge in [-0.05, 0) is 31.0 Å². The van der Waals surface area contributed by atoms with Crippen LogP contribution in [0.5, 0.6) is 0 Å². The summed E-state index contributed by atoms with van der Waals surface area (Å²) in [5.74, 6) is -0.103. The van der Waals surface area contributed by atoms with E-state index in [0.717, 1.165) is 12.8 Å². The number of amides is 2. The van der Waals surface area contributed by atoms with Crippen LogP contribution in [0.2, 0.25) is 10.0 Å². The molecule has 1 fully saturated rings.